The molecule has 0 aromatic heterocycles. The van der Waals surface area contributed by atoms with E-state index in [0.717, 1.165) is 18.4 Å². The van der Waals surface area contributed by atoms with E-state index in [4.69, 9.17) is 10.8 Å². The summed E-state index contributed by atoms with van der Waals surface area (Å²) in [5.74, 6) is -0.247. The molecule has 1 fully saturated rings. The van der Waals surface area contributed by atoms with Crippen LogP contribution in [-0.4, -0.2) is 24.3 Å². The van der Waals surface area contributed by atoms with Gasteiger partial charge in [-0.3, -0.25) is 0 Å². The van der Waals surface area contributed by atoms with Gasteiger partial charge in [0.2, 0.25) is 0 Å². The van der Waals surface area contributed by atoms with Crippen LogP contribution in [0.3, 0.4) is 0 Å². The summed E-state index contributed by atoms with van der Waals surface area (Å²) in [5.41, 5.74) is 6.83. The topological polar surface area (TPSA) is 49.5 Å². The largest absolute Gasteiger partial charge is 0.395 e. The Labute approximate surface area is 94.7 Å². The number of halogens is 1. The highest BCUT2D eigenvalue weighted by molar-refractivity contribution is 5.51. The van der Waals surface area contributed by atoms with Crippen molar-refractivity contribution in [3.8, 4) is 0 Å². The molecule has 0 heterocycles. The molecule has 88 valence electrons. The van der Waals surface area contributed by atoms with Crippen LogP contribution < -0.4 is 10.6 Å². The highest BCUT2D eigenvalue weighted by Gasteiger charge is 2.30. The SMILES string of the molecule is NCc1ccc(N(CCO)C2CC2)c(F)c1. The van der Waals surface area contributed by atoms with Crippen LogP contribution in [0.5, 0.6) is 0 Å². The van der Waals surface area contributed by atoms with Crippen LogP contribution in [0.1, 0.15) is 18.4 Å². The molecule has 1 aromatic carbocycles. The molecular formula is C12H17FN2O. The zero-order valence-electron chi connectivity index (χ0n) is 9.19. The van der Waals surface area contributed by atoms with E-state index in [1.165, 1.54) is 6.07 Å². The van der Waals surface area contributed by atoms with Crippen LogP contribution in [0.2, 0.25) is 0 Å². The predicted octanol–water partition coefficient (Wildman–Crippen LogP) is 1.25. The summed E-state index contributed by atoms with van der Waals surface area (Å²) >= 11 is 0. The zero-order chi connectivity index (χ0) is 11.5. The Morgan fingerprint density at radius 2 is 2.19 bits per heavy atom. The second-order valence-corrected chi connectivity index (χ2v) is 4.14. The number of rotatable bonds is 5. The van der Waals surface area contributed by atoms with Crippen molar-refractivity contribution in [2.45, 2.75) is 25.4 Å². The number of hydrogen-bond donors (Lipinski definition) is 2. The molecule has 0 unspecified atom stereocenters. The quantitative estimate of drug-likeness (QED) is 0.791. The van der Waals surface area contributed by atoms with E-state index in [1.807, 2.05) is 11.0 Å². The minimum atomic E-state index is -0.247. The lowest BCUT2D eigenvalue weighted by Crippen LogP contribution is -2.29. The van der Waals surface area contributed by atoms with Gasteiger partial charge in [0.1, 0.15) is 5.82 Å². The summed E-state index contributed by atoms with van der Waals surface area (Å²) in [6, 6.07) is 5.46. The standard InChI is InChI=1S/C12H17FN2O/c13-11-7-9(8-14)1-4-12(11)15(5-6-16)10-2-3-10/h1,4,7,10,16H,2-3,5-6,8,14H2. The third-order valence-corrected chi connectivity index (χ3v) is 2.89. The Morgan fingerprint density at radius 1 is 1.44 bits per heavy atom. The van der Waals surface area contributed by atoms with E-state index in [-0.39, 0.29) is 12.4 Å². The second-order valence-electron chi connectivity index (χ2n) is 4.14. The minimum Gasteiger partial charge on any atom is -0.395 e. The number of aliphatic hydroxyl groups is 1. The van der Waals surface area contributed by atoms with E-state index in [1.54, 1.807) is 6.07 Å². The lowest BCUT2D eigenvalue weighted by Gasteiger charge is -2.24. The minimum absolute atomic E-state index is 0.0502. The molecule has 0 atom stereocenters. The van der Waals surface area contributed by atoms with Gasteiger partial charge >= 0.3 is 0 Å². The van der Waals surface area contributed by atoms with Crippen molar-refractivity contribution in [3.63, 3.8) is 0 Å². The Bertz CT molecular complexity index is 366. The summed E-state index contributed by atoms with van der Waals surface area (Å²) in [5, 5.41) is 8.98. The molecule has 0 spiro atoms. The first-order valence-electron chi connectivity index (χ1n) is 5.62. The van der Waals surface area contributed by atoms with Crippen molar-refractivity contribution in [2.24, 2.45) is 5.73 Å². The van der Waals surface area contributed by atoms with E-state index in [2.05, 4.69) is 0 Å². The fraction of sp³-hybridized carbons (Fsp3) is 0.500. The first-order chi connectivity index (χ1) is 7.76. The predicted molar refractivity (Wildman–Crippen MR) is 61.7 cm³/mol. The summed E-state index contributed by atoms with van der Waals surface area (Å²) in [6.45, 7) is 0.888. The summed E-state index contributed by atoms with van der Waals surface area (Å²) in [4.78, 5) is 1.94. The first kappa shape index (κ1) is 11.4. The highest BCUT2D eigenvalue weighted by atomic mass is 19.1. The van der Waals surface area contributed by atoms with Crippen molar-refractivity contribution in [3.05, 3.63) is 29.6 Å². The van der Waals surface area contributed by atoms with E-state index in [9.17, 15) is 4.39 Å². The van der Waals surface area contributed by atoms with Crippen molar-refractivity contribution >= 4 is 5.69 Å². The van der Waals surface area contributed by atoms with Gasteiger partial charge < -0.3 is 15.7 Å². The molecular weight excluding hydrogens is 207 g/mol. The lowest BCUT2D eigenvalue weighted by molar-refractivity contribution is 0.301. The van der Waals surface area contributed by atoms with Crippen LogP contribution >= 0.6 is 0 Å². The molecule has 2 rings (SSSR count). The number of benzene rings is 1. The Morgan fingerprint density at radius 3 is 2.69 bits per heavy atom. The molecule has 16 heavy (non-hydrogen) atoms. The molecule has 0 radical (unpaired) electrons. The molecule has 4 heteroatoms. The van der Waals surface area contributed by atoms with Gasteiger partial charge in [0.25, 0.3) is 0 Å². The molecule has 0 amide bonds. The van der Waals surface area contributed by atoms with Crippen LogP contribution in [-0.2, 0) is 6.54 Å². The monoisotopic (exact) mass is 224 g/mol. The third kappa shape index (κ3) is 2.33. The molecule has 3 N–H and O–H groups in total. The van der Waals surface area contributed by atoms with Gasteiger partial charge in [-0.25, -0.2) is 4.39 Å². The van der Waals surface area contributed by atoms with Crippen LogP contribution in [0.4, 0.5) is 10.1 Å². The van der Waals surface area contributed by atoms with Gasteiger partial charge in [0, 0.05) is 19.1 Å². The van der Waals surface area contributed by atoms with Gasteiger partial charge in [0.05, 0.1) is 12.3 Å². The smallest absolute Gasteiger partial charge is 0.146 e. The molecule has 0 aliphatic heterocycles. The Hall–Kier alpha value is -1.13. The molecule has 1 aliphatic carbocycles. The van der Waals surface area contributed by atoms with Gasteiger partial charge in [-0.1, -0.05) is 6.07 Å². The van der Waals surface area contributed by atoms with Crippen molar-refractivity contribution in [1.82, 2.24) is 0 Å². The van der Waals surface area contributed by atoms with Crippen LogP contribution in [0.15, 0.2) is 18.2 Å². The lowest BCUT2D eigenvalue weighted by atomic mass is 10.2. The molecule has 3 nitrogen and oxygen atoms in total. The van der Waals surface area contributed by atoms with E-state index in [0.29, 0.717) is 24.8 Å². The van der Waals surface area contributed by atoms with Crippen molar-refractivity contribution in [2.75, 3.05) is 18.1 Å². The molecule has 0 bridgehead atoms. The second kappa shape index (κ2) is 4.80. The maximum atomic E-state index is 13.8. The number of aliphatic hydroxyl groups excluding tert-OH is 1. The average molecular weight is 224 g/mol. The summed E-state index contributed by atoms with van der Waals surface area (Å²) < 4.78 is 13.8. The Balaban J connectivity index is 2.22. The third-order valence-electron chi connectivity index (χ3n) is 2.89. The zero-order valence-corrected chi connectivity index (χ0v) is 9.19. The number of nitrogens with zero attached hydrogens (tertiary/aromatic N) is 1. The molecule has 1 aromatic rings. The molecule has 1 aliphatic rings. The van der Waals surface area contributed by atoms with E-state index < -0.39 is 0 Å². The van der Waals surface area contributed by atoms with Crippen LogP contribution in [0.25, 0.3) is 0 Å². The fourth-order valence-corrected chi connectivity index (χ4v) is 1.90. The van der Waals surface area contributed by atoms with Gasteiger partial charge in [-0.15, -0.1) is 0 Å². The Kier molecular flexibility index (Phi) is 3.41. The maximum Gasteiger partial charge on any atom is 0.146 e. The number of nitrogens with two attached hydrogens (primary N) is 1. The maximum absolute atomic E-state index is 13.8. The van der Waals surface area contributed by atoms with Crippen molar-refractivity contribution in [1.29, 1.82) is 0 Å². The van der Waals surface area contributed by atoms with Gasteiger partial charge in [0.15, 0.2) is 0 Å². The van der Waals surface area contributed by atoms with Crippen molar-refractivity contribution < 1.29 is 9.50 Å². The fourth-order valence-electron chi connectivity index (χ4n) is 1.90. The highest BCUT2D eigenvalue weighted by Crippen LogP contribution is 2.33. The first-order valence-corrected chi connectivity index (χ1v) is 5.62. The molecule has 0 saturated heterocycles. The summed E-state index contributed by atoms with van der Waals surface area (Å²) in [7, 11) is 0. The van der Waals surface area contributed by atoms with Crippen LogP contribution in [0, 0.1) is 5.82 Å². The molecule has 1 saturated carbocycles. The average Bonchev–Trinajstić information content (AvgIpc) is 3.10. The van der Waals surface area contributed by atoms with Gasteiger partial charge in [-0.05, 0) is 30.5 Å². The summed E-state index contributed by atoms with van der Waals surface area (Å²) in [6.07, 6.45) is 2.16. The normalized spacial score (nSPS) is 15.2. The number of anilines is 1. The van der Waals surface area contributed by atoms with Gasteiger partial charge in [-0.2, -0.15) is 0 Å². The number of hydrogen-bond acceptors (Lipinski definition) is 3. The van der Waals surface area contributed by atoms with E-state index >= 15 is 0 Å².